The van der Waals surface area contributed by atoms with Gasteiger partial charge >= 0.3 is 33.3 Å². The van der Waals surface area contributed by atoms with Crippen molar-refractivity contribution < 1.29 is 13.1 Å². The van der Waals surface area contributed by atoms with Gasteiger partial charge in [0, 0.05) is 64.9 Å². The second kappa shape index (κ2) is 17.0. The van der Waals surface area contributed by atoms with Crippen LogP contribution in [0.2, 0.25) is 0 Å². The SMILES string of the molecule is C[C@@H]1CNCCNCCNCCNCCN1.[Cl][Mn][Cl]. The van der Waals surface area contributed by atoms with Crippen LogP contribution in [0.1, 0.15) is 6.92 Å². The maximum absolute atomic E-state index is 4.80. The van der Waals surface area contributed by atoms with Crippen LogP contribution >= 0.6 is 20.2 Å². The summed E-state index contributed by atoms with van der Waals surface area (Å²) in [5.41, 5.74) is 0. The Hall–Kier alpha value is 0.899. The van der Waals surface area contributed by atoms with Gasteiger partial charge in [-0.15, -0.1) is 0 Å². The molecule has 0 aromatic carbocycles. The van der Waals surface area contributed by atoms with Crippen LogP contribution in [0.25, 0.3) is 0 Å². The van der Waals surface area contributed by atoms with Crippen LogP contribution in [0.15, 0.2) is 0 Å². The topological polar surface area (TPSA) is 60.1 Å². The second-order valence-electron chi connectivity index (χ2n) is 4.36. The van der Waals surface area contributed by atoms with Crippen LogP contribution in [0, 0.1) is 0 Å². The second-order valence-corrected chi connectivity index (χ2v) is 6.31. The Bertz CT molecular complexity index is 163. The van der Waals surface area contributed by atoms with E-state index in [2.05, 4.69) is 33.5 Å². The van der Waals surface area contributed by atoms with Crippen molar-refractivity contribution in [2.24, 2.45) is 0 Å². The van der Waals surface area contributed by atoms with Gasteiger partial charge < -0.3 is 26.6 Å². The Balaban J connectivity index is 0.000000982. The Morgan fingerprint density at radius 1 is 0.737 bits per heavy atom. The molecular formula is C11H27Cl2MnN5. The Morgan fingerprint density at radius 3 is 1.58 bits per heavy atom. The summed E-state index contributed by atoms with van der Waals surface area (Å²) in [4.78, 5) is 0. The molecule has 0 saturated carbocycles. The molecule has 0 bridgehead atoms. The molecular weight excluding hydrogens is 328 g/mol. The van der Waals surface area contributed by atoms with Gasteiger partial charge in [0.1, 0.15) is 0 Å². The van der Waals surface area contributed by atoms with Gasteiger partial charge in [-0.3, -0.25) is 0 Å². The van der Waals surface area contributed by atoms with Crippen molar-refractivity contribution >= 4 is 20.2 Å². The molecule has 8 heteroatoms. The van der Waals surface area contributed by atoms with Crippen molar-refractivity contribution in [2.45, 2.75) is 13.0 Å². The van der Waals surface area contributed by atoms with Crippen LogP contribution < -0.4 is 26.6 Å². The fourth-order valence-electron chi connectivity index (χ4n) is 1.70. The Kier molecular flexibility index (Phi) is 17.8. The average molecular weight is 355 g/mol. The van der Waals surface area contributed by atoms with E-state index in [1.54, 1.807) is 0 Å². The summed E-state index contributed by atoms with van der Waals surface area (Å²) in [5.74, 6) is 0. The molecule has 117 valence electrons. The van der Waals surface area contributed by atoms with Crippen molar-refractivity contribution in [3.63, 3.8) is 0 Å². The minimum absolute atomic E-state index is 0.00694. The molecule has 5 N–H and O–H groups in total. The fourth-order valence-corrected chi connectivity index (χ4v) is 1.70. The van der Waals surface area contributed by atoms with Gasteiger partial charge in [0.05, 0.1) is 0 Å². The summed E-state index contributed by atoms with van der Waals surface area (Å²) in [5, 5.41) is 17.1. The number of hydrogen-bond acceptors (Lipinski definition) is 5. The summed E-state index contributed by atoms with van der Waals surface area (Å²) in [6, 6.07) is 0.546. The predicted octanol–water partition coefficient (Wildman–Crippen LogP) is -0.287. The summed E-state index contributed by atoms with van der Waals surface area (Å²) >= 11 is 0.00694. The Labute approximate surface area is 131 Å². The van der Waals surface area contributed by atoms with Gasteiger partial charge in [0.25, 0.3) is 0 Å². The summed E-state index contributed by atoms with van der Waals surface area (Å²) < 4.78 is 0. The van der Waals surface area contributed by atoms with Crippen molar-refractivity contribution in [2.75, 3.05) is 58.9 Å². The van der Waals surface area contributed by atoms with Crippen LogP contribution in [-0.4, -0.2) is 64.9 Å². The zero-order valence-electron chi connectivity index (χ0n) is 11.6. The predicted molar refractivity (Wildman–Crippen MR) is 80.6 cm³/mol. The minimum atomic E-state index is 0.00694. The van der Waals surface area contributed by atoms with E-state index >= 15 is 0 Å². The van der Waals surface area contributed by atoms with Crippen molar-refractivity contribution in [3.05, 3.63) is 0 Å². The van der Waals surface area contributed by atoms with Gasteiger partial charge in [-0.25, -0.2) is 0 Å². The van der Waals surface area contributed by atoms with Crippen LogP contribution in [0.5, 0.6) is 0 Å². The molecule has 0 radical (unpaired) electrons. The van der Waals surface area contributed by atoms with Crippen LogP contribution in [-0.2, 0) is 13.1 Å². The van der Waals surface area contributed by atoms with E-state index in [1.165, 1.54) is 0 Å². The normalized spacial score (nSPS) is 24.5. The van der Waals surface area contributed by atoms with E-state index in [0.29, 0.717) is 6.04 Å². The monoisotopic (exact) mass is 354 g/mol. The molecule has 0 unspecified atom stereocenters. The molecule has 19 heavy (non-hydrogen) atoms. The first-order chi connectivity index (χ1) is 9.31. The molecule has 0 spiro atoms. The van der Waals surface area contributed by atoms with E-state index in [1.807, 2.05) is 0 Å². The molecule has 0 aliphatic carbocycles. The first kappa shape index (κ1) is 19.9. The number of halogens is 2. The van der Waals surface area contributed by atoms with E-state index < -0.39 is 0 Å². The van der Waals surface area contributed by atoms with Crippen LogP contribution in [0.4, 0.5) is 0 Å². The summed E-state index contributed by atoms with van der Waals surface area (Å²) in [6.07, 6.45) is 0. The first-order valence-electron chi connectivity index (χ1n) is 6.74. The third-order valence-electron chi connectivity index (χ3n) is 2.68. The molecule has 1 heterocycles. The molecule has 1 aliphatic heterocycles. The van der Waals surface area contributed by atoms with Gasteiger partial charge in [0.15, 0.2) is 0 Å². The van der Waals surface area contributed by atoms with E-state index in [-0.39, 0.29) is 13.1 Å². The Morgan fingerprint density at radius 2 is 1.11 bits per heavy atom. The van der Waals surface area contributed by atoms with Gasteiger partial charge in [-0.2, -0.15) is 0 Å². The quantitative estimate of drug-likeness (QED) is 0.387. The number of nitrogens with one attached hydrogen (secondary N) is 5. The zero-order chi connectivity index (χ0) is 14.2. The van der Waals surface area contributed by atoms with E-state index in [9.17, 15) is 0 Å². The van der Waals surface area contributed by atoms with Crippen molar-refractivity contribution in [1.29, 1.82) is 0 Å². The molecule has 1 atom stereocenters. The third kappa shape index (κ3) is 16.8. The molecule has 5 nitrogen and oxygen atoms in total. The molecule has 0 amide bonds. The molecule has 1 fully saturated rings. The van der Waals surface area contributed by atoms with Crippen LogP contribution in [0.3, 0.4) is 0 Å². The van der Waals surface area contributed by atoms with Gasteiger partial charge in [0.2, 0.25) is 0 Å². The van der Waals surface area contributed by atoms with Crippen molar-refractivity contribution in [3.8, 4) is 0 Å². The van der Waals surface area contributed by atoms with Gasteiger partial charge in [-0.1, -0.05) is 0 Å². The number of hydrogen-bond donors (Lipinski definition) is 5. The fraction of sp³-hybridized carbons (Fsp3) is 1.00. The first-order valence-corrected chi connectivity index (χ1v) is 9.99. The van der Waals surface area contributed by atoms with Gasteiger partial charge in [-0.05, 0) is 6.92 Å². The molecule has 1 rings (SSSR count). The summed E-state index contributed by atoms with van der Waals surface area (Å²) in [6.45, 7) is 11.7. The number of rotatable bonds is 0. The third-order valence-corrected chi connectivity index (χ3v) is 2.68. The average Bonchev–Trinajstić information content (AvgIpc) is 2.40. The molecule has 1 saturated heterocycles. The molecule has 1 aliphatic rings. The molecule has 0 aromatic rings. The maximum atomic E-state index is 4.80. The molecule has 0 aromatic heterocycles. The standard InChI is InChI=1S/C11H27N5.2ClH.Mn/c1-11-10-15-7-6-13-3-2-12-4-5-14-8-9-16-11;;;/h11-16H,2-10H2,1H3;2*1H;/q;;;+2/p-2/t11-;;;/m1.../s1. The van der Waals surface area contributed by atoms with Crippen molar-refractivity contribution in [1.82, 2.24) is 26.6 Å². The summed E-state index contributed by atoms with van der Waals surface area (Å²) in [7, 11) is 9.59. The zero-order valence-corrected chi connectivity index (χ0v) is 14.3. The van der Waals surface area contributed by atoms with E-state index in [4.69, 9.17) is 20.2 Å². The van der Waals surface area contributed by atoms with E-state index in [0.717, 1.165) is 58.9 Å².